The van der Waals surface area contributed by atoms with Gasteiger partial charge in [-0.15, -0.1) is 0 Å². The predicted octanol–water partition coefficient (Wildman–Crippen LogP) is 5.95. The summed E-state index contributed by atoms with van der Waals surface area (Å²) in [4.78, 5) is 17.0. The normalized spacial score (nSPS) is 14.4. The molecule has 0 amide bonds. The van der Waals surface area contributed by atoms with Crippen LogP contribution in [0.5, 0.6) is 11.5 Å². The number of hydrogen-bond acceptors (Lipinski definition) is 5. The van der Waals surface area contributed by atoms with Gasteiger partial charge in [0.15, 0.2) is 11.5 Å². The van der Waals surface area contributed by atoms with Gasteiger partial charge in [0.05, 0.1) is 13.0 Å². The summed E-state index contributed by atoms with van der Waals surface area (Å²) in [5, 5.41) is 3.75. The molecular weight excluding hydrogens is 402 g/mol. The number of imidazole rings is 1. The molecular formula is C26H33N3O3. The zero-order chi connectivity index (χ0) is 23.1. The van der Waals surface area contributed by atoms with Crippen molar-refractivity contribution in [3.8, 4) is 22.8 Å². The van der Waals surface area contributed by atoms with Gasteiger partial charge in [0.1, 0.15) is 17.2 Å². The van der Waals surface area contributed by atoms with Crippen molar-refractivity contribution in [2.45, 2.75) is 59.4 Å². The largest absolute Gasteiger partial charge is 0.493 e. The van der Waals surface area contributed by atoms with Crippen molar-refractivity contribution in [2.75, 3.05) is 12.4 Å². The van der Waals surface area contributed by atoms with E-state index in [4.69, 9.17) is 14.5 Å². The monoisotopic (exact) mass is 435 g/mol. The van der Waals surface area contributed by atoms with Crippen molar-refractivity contribution in [3.05, 3.63) is 42.6 Å². The van der Waals surface area contributed by atoms with Gasteiger partial charge in [-0.3, -0.25) is 9.20 Å². The van der Waals surface area contributed by atoms with Crippen LogP contribution in [-0.4, -0.2) is 28.0 Å². The van der Waals surface area contributed by atoms with Crippen molar-refractivity contribution in [1.29, 1.82) is 0 Å². The summed E-state index contributed by atoms with van der Waals surface area (Å²) < 4.78 is 13.2. The van der Waals surface area contributed by atoms with Gasteiger partial charge < -0.3 is 14.8 Å². The molecule has 0 radical (unpaired) electrons. The SMILES string of the molecule is COc1cc(-c2nc3ccccn3c2NC(C)(C)CC(C)(C)C)ccc1OC(=O)C1CC1. The number of aromatic nitrogens is 2. The summed E-state index contributed by atoms with van der Waals surface area (Å²) in [7, 11) is 1.59. The molecule has 1 N–H and O–H groups in total. The first-order chi connectivity index (χ1) is 15.1. The fourth-order valence-electron chi connectivity index (χ4n) is 4.42. The zero-order valence-electron chi connectivity index (χ0n) is 19.9. The lowest BCUT2D eigenvalue weighted by molar-refractivity contribution is -0.135. The summed E-state index contributed by atoms with van der Waals surface area (Å²) >= 11 is 0. The number of carbonyl (C=O) groups excluding carboxylic acids is 1. The molecule has 1 aliphatic rings. The maximum atomic E-state index is 12.1. The first-order valence-electron chi connectivity index (χ1n) is 11.2. The Labute approximate surface area is 190 Å². The fraction of sp³-hybridized carbons (Fsp3) is 0.462. The average molecular weight is 436 g/mol. The summed E-state index contributed by atoms with van der Waals surface area (Å²) in [6.07, 6.45) is 4.81. The Kier molecular flexibility index (Phi) is 5.65. The molecule has 0 unspecified atom stereocenters. The van der Waals surface area contributed by atoms with Gasteiger partial charge in [-0.1, -0.05) is 26.8 Å². The first-order valence-corrected chi connectivity index (χ1v) is 11.2. The third-order valence-corrected chi connectivity index (χ3v) is 5.52. The molecule has 170 valence electrons. The Bertz CT molecular complexity index is 1140. The molecule has 0 spiro atoms. The molecule has 0 aliphatic heterocycles. The van der Waals surface area contributed by atoms with E-state index < -0.39 is 0 Å². The number of nitrogens with one attached hydrogen (secondary N) is 1. The van der Waals surface area contributed by atoms with Crippen LogP contribution in [0.3, 0.4) is 0 Å². The number of fused-ring (bicyclic) bond motifs is 1. The molecule has 1 aromatic carbocycles. The van der Waals surface area contributed by atoms with Crippen molar-refractivity contribution >= 4 is 17.4 Å². The highest BCUT2D eigenvalue weighted by molar-refractivity contribution is 5.81. The molecule has 0 atom stereocenters. The number of hydrogen-bond donors (Lipinski definition) is 1. The van der Waals surface area contributed by atoms with Crippen LogP contribution < -0.4 is 14.8 Å². The molecule has 32 heavy (non-hydrogen) atoms. The lowest BCUT2D eigenvalue weighted by Crippen LogP contribution is -2.36. The van der Waals surface area contributed by atoms with Crippen molar-refractivity contribution in [1.82, 2.24) is 9.38 Å². The van der Waals surface area contributed by atoms with Crippen LogP contribution in [-0.2, 0) is 4.79 Å². The molecule has 2 aromatic heterocycles. The van der Waals surface area contributed by atoms with Gasteiger partial charge in [0.2, 0.25) is 0 Å². The number of ether oxygens (including phenoxy) is 2. The minimum Gasteiger partial charge on any atom is -0.493 e. The number of anilines is 1. The highest BCUT2D eigenvalue weighted by atomic mass is 16.6. The van der Waals surface area contributed by atoms with Crippen LogP contribution in [0, 0.1) is 11.3 Å². The average Bonchev–Trinajstić information content (AvgIpc) is 3.50. The number of pyridine rings is 1. The molecule has 1 saturated carbocycles. The second-order valence-electron chi connectivity index (χ2n) is 10.5. The molecule has 4 rings (SSSR count). The van der Waals surface area contributed by atoms with E-state index in [0.717, 1.165) is 42.0 Å². The Balaban J connectivity index is 1.74. The van der Waals surface area contributed by atoms with E-state index in [1.54, 1.807) is 13.2 Å². The summed E-state index contributed by atoms with van der Waals surface area (Å²) in [6, 6.07) is 11.6. The number of methoxy groups -OCH3 is 1. The third-order valence-electron chi connectivity index (χ3n) is 5.52. The van der Waals surface area contributed by atoms with Crippen LogP contribution in [0.1, 0.15) is 53.9 Å². The minimum absolute atomic E-state index is 0.0265. The molecule has 0 saturated heterocycles. The Morgan fingerprint density at radius 2 is 1.88 bits per heavy atom. The van der Waals surface area contributed by atoms with Gasteiger partial charge >= 0.3 is 5.97 Å². The fourth-order valence-corrected chi connectivity index (χ4v) is 4.42. The van der Waals surface area contributed by atoms with E-state index in [-0.39, 0.29) is 22.8 Å². The van der Waals surface area contributed by atoms with Crippen LogP contribution >= 0.6 is 0 Å². The Morgan fingerprint density at radius 1 is 1.12 bits per heavy atom. The van der Waals surface area contributed by atoms with Crippen LogP contribution in [0.4, 0.5) is 5.82 Å². The van der Waals surface area contributed by atoms with Crippen LogP contribution in [0.2, 0.25) is 0 Å². The van der Waals surface area contributed by atoms with Crippen LogP contribution in [0.15, 0.2) is 42.6 Å². The van der Waals surface area contributed by atoms with E-state index in [2.05, 4.69) is 44.3 Å². The maximum Gasteiger partial charge on any atom is 0.314 e. The van der Waals surface area contributed by atoms with E-state index in [1.165, 1.54) is 0 Å². The Morgan fingerprint density at radius 3 is 2.53 bits per heavy atom. The number of esters is 1. The molecule has 3 aromatic rings. The van der Waals surface area contributed by atoms with Gasteiger partial charge in [-0.2, -0.15) is 0 Å². The summed E-state index contributed by atoms with van der Waals surface area (Å²) in [5.41, 5.74) is 2.61. The summed E-state index contributed by atoms with van der Waals surface area (Å²) in [6.45, 7) is 11.2. The molecule has 6 nitrogen and oxygen atoms in total. The standard InChI is InChI=1S/C26H33N3O3/c1-25(2,3)16-26(4,5)28-23-22(27-21-9-7-8-14-29(21)23)18-12-13-19(20(15-18)31-6)32-24(30)17-10-11-17/h7-9,12-15,17,28H,10-11,16H2,1-6H3. The zero-order valence-corrected chi connectivity index (χ0v) is 19.9. The molecule has 1 fully saturated rings. The predicted molar refractivity (Wildman–Crippen MR) is 127 cm³/mol. The molecule has 1 aliphatic carbocycles. The molecule has 6 heteroatoms. The number of benzene rings is 1. The van der Waals surface area contributed by atoms with Crippen molar-refractivity contribution < 1.29 is 14.3 Å². The molecule has 0 bridgehead atoms. The summed E-state index contributed by atoms with van der Waals surface area (Å²) in [5.74, 6) is 1.74. The second-order valence-corrected chi connectivity index (χ2v) is 10.5. The highest BCUT2D eigenvalue weighted by Crippen LogP contribution is 2.39. The van der Waals surface area contributed by atoms with Gasteiger partial charge in [0, 0.05) is 17.3 Å². The van der Waals surface area contributed by atoms with Gasteiger partial charge in [-0.05, 0) is 68.9 Å². The number of rotatable bonds is 7. The van der Waals surface area contributed by atoms with Crippen LogP contribution in [0.25, 0.3) is 16.9 Å². The van der Waals surface area contributed by atoms with Gasteiger partial charge in [-0.25, -0.2) is 4.98 Å². The maximum absolute atomic E-state index is 12.1. The quantitative estimate of drug-likeness (QED) is 0.367. The van der Waals surface area contributed by atoms with Crippen molar-refractivity contribution in [2.24, 2.45) is 11.3 Å². The number of nitrogens with zero attached hydrogens (tertiary/aromatic N) is 2. The van der Waals surface area contributed by atoms with Crippen molar-refractivity contribution in [3.63, 3.8) is 0 Å². The van der Waals surface area contributed by atoms with E-state index in [9.17, 15) is 4.79 Å². The minimum atomic E-state index is -0.185. The first kappa shape index (κ1) is 22.2. The Hall–Kier alpha value is -3.02. The number of carbonyl (C=O) groups is 1. The highest BCUT2D eigenvalue weighted by Gasteiger charge is 2.32. The van der Waals surface area contributed by atoms with E-state index in [1.807, 2.05) is 36.5 Å². The lowest BCUT2D eigenvalue weighted by atomic mass is 9.82. The van der Waals surface area contributed by atoms with E-state index >= 15 is 0 Å². The third kappa shape index (κ3) is 4.90. The topological polar surface area (TPSA) is 64.9 Å². The lowest BCUT2D eigenvalue weighted by Gasteiger charge is -2.34. The van der Waals surface area contributed by atoms with E-state index in [0.29, 0.717) is 11.5 Å². The smallest absolute Gasteiger partial charge is 0.314 e. The second kappa shape index (κ2) is 8.15. The molecule has 2 heterocycles. The van der Waals surface area contributed by atoms with Gasteiger partial charge in [0.25, 0.3) is 0 Å².